The number of amides is 1. The fourth-order valence-electron chi connectivity index (χ4n) is 1.65. The first-order chi connectivity index (χ1) is 10.2. The van der Waals surface area contributed by atoms with Gasteiger partial charge in [0.25, 0.3) is 0 Å². The molecule has 0 spiro atoms. The monoisotopic (exact) mass is 287 g/mol. The predicted molar refractivity (Wildman–Crippen MR) is 80.1 cm³/mol. The molecule has 1 aromatic carbocycles. The van der Waals surface area contributed by atoms with Gasteiger partial charge in [-0.1, -0.05) is 30.3 Å². The van der Waals surface area contributed by atoms with Crippen molar-refractivity contribution in [2.24, 2.45) is 0 Å². The summed E-state index contributed by atoms with van der Waals surface area (Å²) in [6, 6.07) is 13.0. The maximum absolute atomic E-state index is 11.3. The van der Waals surface area contributed by atoms with Crippen molar-refractivity contribution in [1.29, 1.82) is 0 Å². The number of rotatable bonds is 5. The molecule has 0 atom stereocenters. The van der Waals surface area contributed by atoms with Crippen LogP contribution in [0.25, 0.3) is 0 Å². The number of nitrogens with one attached hydrogen (secondary N) is 1. The number of nitrogens with zero attached hydrogens (tertiary/aromatic N) is 1. The third-order valence-electron chi connectivity index (χ3n) is 2.64. The molecule has 1 aromatic heterocycles. The molecule has 3 N–H and O–H groups in total. The van der Waals surface area contributed by atoms with E-state index in [0.717, 1.165) is 5.56 Å². The molecule has 2 rings (SSSR count). The number of anilines is 2. The van der Waals surface area contributed by atoms with E-state index in [4.69, 9.17) is 15.2 Å². The van der Waals surface area contributed by atoms with Crippen LogP contribution in [0.2, 0.25) is 0 Å². The van der Waals surface area contributed by atoms with Gasteiger partial charge in [-0.3, -0.25) is 5.32 Å². The van der Waals surface area contributed by atoms with E-state index in [1.165, 1.54) is 0 Å². The van der Waals surface area contributed by atoms with Crippen LogP contribution < -0.4 is 15.8 Å². The van der Waals surface area contributed by atoms with E-state index in [2.05, 4.69) is 10.3 Å². The number of hydrogen-bond donors (Lipinski definition) is 2. The average molecular weight is 287 g/mol. The SMILES string of the molecule is CCOC(=O)Nc1ccc(OCc2ccccc2)nc1N. The lowest BCUT2D eigenvalue weighted by molar-refractivity contribution is 0.168. The molecule has 0 saturated heterocycles. The van der Waals surface area contributed by atoms with Crippen molar-refractivity contribution in [3.8, 4) is 5.88 Å². The second kappa shape index (κ2) is 7.14. The maximum atomic E-state index is 11.3. The molecule has 0 aliphatic heterocycles. The Balaban J connectivity index is 1.97. The summed E-state index contributed by atoms with van der Waals surface area (Å²) in [5, 5.41) is 2.51. The molecule has 1 heterocycles. The van der Waals surface area contributed by atoms with Gasteiger partial charge < -0.3 is 15.2 Å². The van der Waals surface area contributed by atoms with Crippen molar-refractivity contribution in [2.75, 3.05) is 17.7 Å². The Kier molecular flexibility index (Phi) is 4.98. The van der Waals surface area contributed by atoms with Crippen LogP contribution in [0.15, 0.2) is 42.5 Å². The van der Waals surface area contributed by atoms with Gasteiger partial charge in [0.2, 0.25) is 5.88 Å². The van der Waals surface area contributed by atoms with Gasteiger partial charge in [-0.25, -0.2) is 4.79 Å². The first-order valence-corrected chi connectivity index (χ1v) is 6.56. The zero-order valence-electron chi connectivity index (χ0n) is 11.7. The van der Waals surface area contributed by atoms with E-state index in [9.17, 15) is 4.79 Å². The molecule has 2 aromatic rings. The lowest BCUT2D eigenvalue weighted by Gasteiger charge is -2.10. The minimum absolute atomic E-state index is 0.175. The van der Waals surface area contributed by atoms with Crippen molar-refractivity contribution in [3.63, 3.8) is 0 Å². The van der Waals surface area contributed by atoms with Gasteiger partial charge in [0.05, 0.1) is 12.3 Å². The Morgan fingerprint density at radius 2 is 2.00 bits per heavy atom. The first kappa shape index (κ1) is 14.6. The van der Waals surface area contributed by atoms with Gasteiger partial charge in [-0.2, -0.15) is 4.98 Å². The topological polar surface area (TPSA) is 86.5 Å². The van der Waals surface area contributed by atoms with Crippen LogP contribution in [0.5, 0.6) is 5.88 Å². The molecule has 0 bridgehead atoms. The second-order valence-corrected chi connectivity index (χ2v) is 4.20. The summed E-state index contributed by atoms with van der Waals surface area (Å²) in [5.41, 5.74) is 7.20. The summed E-state index contributed by atoms with van der Waals surface area (Å²) in [7, 11) is 0. The average Bonchev–Trinajstić information content (AvgIpc) is 2.49. The maximum Gasteiger partial charge on any atom is 0.411 e. The Bertz CT molecular complexity index is 602. The number of nitrogen functional groups attached to an aromatic ring is 1. The van der Waals surface area contributed by atoms with Gasteiger partial charge in [-0.15, -0.1) is 0 Å². The quantitative estimate of drug-likeness (QED) is 0.883. The summed E-state index contributed by atoms with van der Waals surface area (Å²) < 4.78 is 10.3. The third-order valence-corrected chi connectivity index (χ3v) is 2.64. The Hall–Kier alpha value is -2.76. The fraction of sp³-hybridized carbons (Fsp3) is 0.200. The Morgan fingerprint density at radius 1 is 1.24 bits per heavy atom. The molecule has 0 fully saturated rings. The number of ether oxygens (including phenoxy) is 2. The second-order valence-electron chi connectivity index (χ2n) is 4.20. The molecule has 110 valence electrons. The van der Waals surface area contributed by atoms with E-state index >= 15 is 0 Å². The van der Waals surface area contributed by atoms with Crippen molar-refractivity contribution < 1.29 is 14.3 Å². The smallest absolute Gasteiger partial charge is 0.411 e. The number of hydrogen-bond acceptors (Lipinski definition) is 5. The van der Waals surface area contributed by atoms with Crippen LogP contribution >= 0.6 is 0 Å². The lowest BCUT2D eigenvalue weighted by atomic mass is 10.2. The molecule has 6 nitrogen and oxygen atoms in total. The number of nitrogens with two attached hydrogens (primary N) is 1. The highest BCUT2D eigenvalue weighted by Gasteiger charge is 2.08. The molecular formula is C15H17N3O3. The van der Waals surface area contributed by atoms with Gasteiger partial charge in [0.1, 0.15) is 6.61 Å². The number of carbonyl (C=O) groups excluding carboxylic acids is 1. The standard InChI is InChI=1S/C15H17N3O3/c1-2-20-15(19)17-12-8-9-13(18-14(12)16)21-10-11-6-4-3-5-7-11/h3-9H,2,10H2,1H3,(H2,16,18)(H,17,19). The fourth-order valence-corrected chi connectivity index (χ4v) is 1.65. The molecule has 1 amide bonds. The van der Waals surface area contributed by atoms with Crippen LogP contribution in [0, 0.1) is 0 Å². The van der Waals surface area contributed by atoms with Gasteiger partial charge in [0, 0.05) is 6.07 Å². The normalized spacial score (nSPS) is 9.95. The van der Waals surface area contributed by atoms with E-state index in [1.54, 1.807) is 19.1 Å². The number of aromatic nitrogens is 1. The van der Waals surface area contributed by atoms with Gasteiger partial charge in [0.15, 0.2) is 5.82 Å². The predicted octanol–water partition coefficient (Wildman–Crippen LogP) is 2.81. The number of carbonyl (C=O) groups is 1. The van der Waals surface area contributed by atoms with Crippen LogP contribution in [0.3, 0.4) is 0 Å². The van der Waals surface area contributed by atoms with Crippen LogP contribution in [-0.2, 0) is 11.3 Å². The largest absolute Gasteiger partial charge is 0.473 e. The summed E-state index contributed by atoms with van der Waals surface area (Å²) in [4.78, 5) is 15.4. The first-order valence-electron chi connectivity index (χ1n) is 6.56. The number of benzene rings is 1. The molecule has 0 aliphatic rings. The molecule has 21 heavy (non-hydrogen) atoms. The summed E-state index contributed by atoms with van der Waals surface area (Å²) >= 11 is 0. The summed E-state index contributed by atoms with van der Waals surface area (Å²) in [5.74, 6) is 0.569. The highest BCUT2D eigenvalue weighted by atomic mass is 16.5. The molecule has 0 saturated carbocycles. The number of pyridine rings is 1. The van der Waals surface area contributed by atoms with Gasteiger partial charge in [-0.05, 0) is 18.6 Å². The van der Waals surface area contributed by atoms with Crippen LogP contribution in [-0.4, -0.2) is 17.7 Å². The van der Waals surface area contributed by atoms with E-state index in [-0.39, 0.29) is 12.4 Å². The Morgan fingerprint density at radius 3 is 2.67 bits per heavy atom. The molecular weight excluding hydrogens is 270 g/mol. The van der Waals surface area contributed by atoms with Crippen molar-refractivity contribution in [2.45, 2.75) is 13.5 Å². The van der Waals surface area contributed by atoms with Gasteiger partial charge >= 0.3 is 6.09 Å². The minimum atomic E-state index is -0.566. The minimum Gasteiger partial charge on any atom is -0.473 e. The van der Waals surface area contributed by atoms with E-state index in [0.29, 0.717) is 18.2 Å². The summed E-state index contributed by atoms with van der Waals surface area (Å²) in [6.45, 7) is 2.41. The zero-order chi connectivity index (χ0) is 15.1. The third kappa shape index (κ3) is 4.38. The van der Waals surface area contributed by atoms with Crippen LogP contribution in [0.1, 0.15) is 12.5 Å². The highest BCUT2D eigenvalue weighted by Crippen LogP contribution is 2.20. The molecule has 0 radical (unpaired) electrons. The Labute approximate surface area is 122 Å². The van der Waals surface area contributed by atoms with E-state index < -0.39 is 6.09 Å². The lowest BCUT2D eigenvalue weighted by Crippen LogP contribution is -2.15. The molecule has 0 aliphatic carbocycles. The van der Waals surface area contributed by atoms with Crippen molar-refractivity contribution >= 4 is 17.6 Å². The molecule has 0 unspecified atom stereocenters. The highest BCUT2D eigenvalue weighted by molar-refractivity contribution is 5.88. The zero-order valence-corrected chi connectivity index (χ0v) is 11.7. The van der Waals surface area contributed by atoms with E-state index in [1.807, 2.05) is 30.3 Å². The van der Waals surface area contributed by atoms with Crippen molar-refractivity contribution in [1.82, 2.24) is 4.98 Å². The molecule has 6 heteroatoms. The van der Waals surface area contributed by atoms with Crippen molar-refractivity contribution in [3.05, 3.63) is 48.0 Å². The summed E-state index contributed by atoms with van der Waals surface area (Å²) in [6.07, 6.45) is -0.566. The van der Waals surface area contributed by atoms with Crippen LogP contribution in [0.4, 0.5) is 16.3 Å².